The number of hydrogen-bond donors (Lipinski definition) is 1. The van der Waals surface area contributed by atoms with Gasteiger partial charge in [-0.1, -0.05) is 18.9 Å². The van der Waals surface area contributed by atoms with Crippen molar-refractivity contribution in [2.24, 2.45) is 29.1 Å². The Morgan fingerprint density at radius 1 is 1.05 bits per heavy atom. The van der Waals surface area contributed by atoms with Crippen LogP contribution in [0.2, 0.25) is 0 Å². The van der Waals surface area contributed by atoms with Crippen LogP contribution >= 0.6 is 0 Å². The third-order valence-corrected chi connectivity index (χ3v) is 7.48. The number of rotatable bonds is 0. The van der Waals surface area contributed by atoms with Gasteiger partial charge in [0.25, 0.3) is 0 Å². The van der Waals surface area contributed by atoms with Gasteiger partial charge in [0.15, 0.2) is 5.78 Å². The van der Waals surface area contributed by atoms with E-state index in [1.54, 1.807) is 0 Å². The van der Waals surface area contributed by atoms with E-state index in [1.807, 2.05) is 6.08 Å². The summed E-state index contributed by atoms with van der Waals surface area (Å²) in [6.07, 6.45) is 12.2. The second kappa shape index (κ2) is 4.94. The van der Waals surface area contributed by atoms with Gasteiger partial charge in [-0.25, -0.2) is 0 Å². The third-order valence-electron chi connectivity index (χ3n) is 7.48. The third kappa shape index (κ3) is 2.05. The molecule has 0 aliphatic heterocycles. The SMILES string of the molecule is C[C@]12CCC(=O)C=C1CCC1C3CCC(O)[C@@H]3CCCC12. The van der Waals surface area contributed by atoms with Crippen molar-refractivity contribution in [3.8, 4) is 0 Å². The second-order valence-electron chi connectivity index (χ2n) is 8.27. The highest BCUT2D eigenvalue weighted by Crippen LogP contribution is 2.60. The standard InChI is InChI=1S/C19H28O2/c1-19-10-9-13(20)11-12(19)5-6-15-14-7-8-18(21)16(14)3-2-4-17(15)19/h11,14-18,21H,2-10H2,1H3/t14?,15?,16-,17?,18?,19+/m1/s1. The van der Waals surface area contributed by atoms with Crippen molar-refractivity contribution in [3.05, 3.63) is 11.6 Å². The van der Waals surface area contributed by atoms with Crippen LogP contribution in [0.25, 0.3) is 0 Å². The normalized spacial score (nSPS) is 49.7. The zero-order chi connectivity index (χ0) is 14.6. The molecule has 6 atom stereocenters. The Morgan fingerprint density at radius 2 is 1.90 bits per heavy atom. The maximum absolute atomic E-state index is 11.8. The average molecular weight is 288 g/mol. The molecule has 0 aromatic heterocycles. The van der Waals surface area contributed by atoms with Gasteiger partial charge in [-0.2, -0.15) is 0 Å². The monoisotopic (exact) mass is 288 g/mol. The van der Waals surface area contributed by atoms with Crippen LogP contribution in [0.1, 0.15) is 64.7 Å². The number of hydrogen-bond acceptors (Lipinski definition) is 2. The summed E-state index contributed by atoms with van der Waals surface area (Å²) in [5.41, 5.74) is 1.73. The predicted octanol–water partition coefficient (Wildman–Crippen LogP) is 3.88. The summed E-state index contributed by atoms with van der Waals surface area (Å²) in [7, 11) is 0. The number of carbonyl (C=O) groups is 1. The van der Waals surface area contributed by atoms with Crippen LogP contribution < -0.4 is 0 Å². The van der Waals surface area contributed by atoms with E-state index in [2.05, 4.69) is 6.92 Å². The molecule has 2 heteroatoms. The first kappa shape index (κ1) is 14.0. The van der Waals surface area contributed by atoms with Gasteiger partial charge in [-0.15, -0.1) is 0 Å². The van der Waals surface area contributed by atoms with Gasteiger partial charge in [0.05, 0.1) is 6.10 Å². The highest BCUT2D eigenvalue weighted by molar-refractivity contribution is 5.91. The van der Waals surface area contributed by atoms with E-state index in [4.69, 9.17) is 0 Å². The lowest BCUT2D eigenvalue weighted by molar-refractivity contribution is -0.116. The molecular weight excluding hydrogens is 260 g/mol. The quantitative estimate of drug-likeness (QED) is 0.734. The minimum absolute atomic E-state index is 0.0357. The molecule has 4 aliphatic carbocycles. The fraction of sp³-hybridized carbons (Fsp3) is 0.842. The van der Waals surface area contributed by atoms with Crippen molar-refractivity contribution in [1.82, 2.24) is 0 Å². The number of allylic oxidation sites excluding steroid dienone is 2. The smallest absolute Gasteiger partial charge is 0.155 e. The first-order valence-corrected chi connectivity index (χ1v) is 9.01. The Morgan fingerprint density at radius 3 is 2.76 bits per heavy atom. The summed E-state index contributed by atoms with van der Waals surface area (Å²) in [5.74, 6) is 3.22. The fourth-order valence-electron chi connectivity index (χ4n) is 6.39. The summed E-state index contributed by atoms with van der Waals surface area (Å²) in [6.45, 7) is 2.44. The molecule has 0 radical (unpaired) electrons. The van der Waals surface area contributed by atoms with Crippen LogP contribution in [-0.2, 0) is 4.79 Å². The molecule has 3 saturated carbocycles. The van der Waals surface area contributed by atoms with Crippen molar-refractivity contribution in [2.75, 3.05) is 0 Å². The number of aliphatic hydroxyl groups is 1. The first-order chi connectivity index (χ1) is 10.1. The lowest BCUT2D eigenvalue weighted by Gasteiger charge is -2.51. The number of carbonyl (C=O) groups excluding carboxylic acids is 1. The van der Waals surface area contributed by atoms with Crippen LogP contribution in [0.15, 0.2) is 11.6 Å². The molecule has 0 spiro atoms. The zero-order valence-electron chi connectivity index (χ0n) is 13.2. The van der Waals surface area contributed by atoms with Crippen molar-refractivity contribution in [3.63, 3.8) is 0 Å². The molecule has 0 heterocycles. The lowest BCUT2D eigenvalue weighted by Crippen LogP contribution is -2.43. The van der Waals surface area contributed by atoms with Gasteiger partial charge in [0.1, 0.15) is 0 Å². The maximum Gasteiger partial charge on any atom is 0.155 e. The van der Waals surface area contributed by atoms with E-state index < -0.39 is 0 Å². The molecule has 116 valence electrons. The van der Waals surface area contributed by atoms with Gasteiger partial charge in [0.2, 0.25) is 0 Å². The van der Waals surface area contributed by atoms with Crippen molar-refractivity contribution < 1.29 is 9.90 Å². The summed E-state index contributed by atoms with van der Waals surface area (Å²) >= 11 is 0. The molecule has 2 nitrogen and oxygen atoms in total. The van der Waals surface area contributed by atoms with Crippen molar-refractivity contribution in [2.45, 2.75) is 70.8 Å². The van der Waals surface area contributed by atoms with Gasteiger partial charge in [-0.3, -0.25) is 4.79 Å². The van der Waals surface area contributed by atoms with E-state index in [-0.39, 0.29) is 11.5 Å². The molecular formula is C19H28O2. The van der Waals surface area contributed by atoms with E-state index >= 15 is 0 Å². The first-order valence-electron chi connectivity index (χ1n) is 9.01. The average Bonchev–Trinajstić information content (AvgIpc) is 2.71. The maximum atomic E-state index is 11.8. The van der Waals surface area contributed by atoms with Gasteiger partial charge >= 0.3 is 0 Å². The zero-order valence-corrected chi connectivity index (χ0v) is 13.2. The van der Waals surface area contributed by atoms with Crippen LogP contribution in [-0.4, -0.2) is 17.0 Å². The van der Waals surface area contributed by atoms with E-state index in [0.29, 0.717) is 11.7 Å². The van der Waals surface area contributed by atoms with Gasteiger partial charge < -0.3 is 5.11 Å². The van der Waals surface area contributed by atoms with Crippen LogP contribution in [0.5, 0.6) is 0 Å². The minimum Gasteiger partial charge on any atom is -0.393 e. The van der Waals surface area contributed by atoms with Crippen LogP contribution in [0.3, 0.4) is 0 Å². The molecule has 0 bridgehead atoms. The Bertz CT molecular complexity index is 480. The Hall–Kier alpha value is -0.630. The van der Waals surface area contributed by atoms with Crippen molar-refractivity contribution in [1.29, 1.82) is 0 Å². The lowest BCUT2D eigenvalue weighted by atomic mass is 9.53. The van der Waals surface area contributed by atoms with E-state index in [0.717, 1.165) is 43.4 Å². The molecule has 0 aromatic carbocycles. The Kier molecular flexibility index (Phi) is 3.29. The van der Waals surface area contributed by atoms with E-state index in [9.17, 15) is 9.90 Å². The molecule has 4 aliphatic rings. The molecule has 21 heavy (non-hydrogen) atoms. The fourth-order valence-corrected chi connectivity index (χ4v) is 6.39. The van der Waals surface area contributed by atoms with Crippen LogP contribution in [0, 0.1) is 29.1 Å². The highest BCUT2D eigenvalue weighted by atomic mass is 16.3. The second-order valence-corrected chi connectivity index (χ2v) is 8.27. The molecule has 4 rings (SSSR count). The summed E-state index contributed by atoms with van der Waals surface area (Å²) in [6, 6.07) is 0. The van der Waals surface area contributed by atoms with Gasteiger partial charge in [-0.05, 0) is 80.1 Å². The molecule has 0 amide bonds. The topological polar surface area (TPSA) is 37.3 Å². The summed E-state index contributed by atoms with van der Waals surface area (Å²) in [4.78, 5) is 11.8. The number of ketones is 1. The van der Waals surface area contributed by atoms with Crippen molar-refractivity contribution >= 4 is 5.78 Å². The summed E-state index contributed by atoms with van der Waals surface area (Å²) < 4.78 is 0. The highest BCUT2D eigenvalue weighted by Gasteiger charge is 2.52. The molecule has 0 saturated heterocycles. The molecule has 1 N–H and O–H groups in total. The van der Waals surface area contributed by atoms with E-state index in [1.165, 1.54) is 37.7 Å². The van der Waals surface area contributed by atoms with Gasteiger partial charge in [0, 0.05) is 6.42 Å². The molecule has 4 unspecified atom stereocenters. The molecule has 0 aromatic rings. The molecule has 3 fully saturated rings. The summed E-state index contributed by atoms with van der Waals surface area (Å²) in [5, 5.41) is 10.3. The van der Waals surface area contributed by atoms with Crippen LogP contribution in [0.4, 0.5) is 0 Å². The Balaban J connectivity index is 1.68. The number of aliphatic hydroxyl groups excluding tert-OH is 1. The largest absolute Gasteiger partial charge is 0.393 e. The predicted molar refractivity (Wildman–Crippen MR) is 82.7 cm³/mol. The Labute approximate surface area is 128 Å². The number of fused-ring (bicyclic) bond motifs is 5. The minimum atomic E-state index is -0.0357.